The SMILES string of the molecule is CC(C)c1cccc(C(C)C)c1C1=CN(c2cc(C(C)(C)C)cc(C(C)(C)C)c2)CN1c1cccc(Oc2cc(C(C)(C)c3ccccc3)c3c4ccccc4n(-c4cc(C(C)(C)c5ccccc5)ccn4)c3c2)c1. The average molecular weight is 989 g/mol. The van der Waals surface area contributed by atoms with Crippen LogP contribution in [-0.2, 0) is 21.7 Å². The first kappa shape index (κ1) is 51.1. The average Bonchev–Trinajstić information content (AvgIpc) is 3.99. The van der Waals surface area contributed by atoms with Crippen LogP contribution in [0.5, 0.6) is 11.5 Å². The van der Waals surface area contributed by atoms with Crippen molar-refractivity contribution in [1.82, 2.24) is 9.55 Å². The quantitative estimate of drug-likeness (QED) is 0.122. The van der Waals surface area contributed by atoms with Gasteiger partial charge in [0.05, 0.1) is 23.4 Å². The minimum absolute atomic E-state index is 0.0178. The number of nitrogens with zero attached hydrogens (tertiary/aromatic N) is 4. The zero-order chi connectivity index (χ0) is 53.2. The van der Waals surface area contributed by atoms with Crippen molar-refractivity contribution in [3.63, 3.8) is 0 Å². The van der Waals surface area contributed by atoms with Crippen LogP contribution < -0.4 is 14.5 Å². The summed E-state index contributed by atoms with van der Waals surface area (Å²) in [5.74, 6) is 3.06. The largest absolute Gasteiger partial charge is 0.457 e. The smallest absolute Gasteiger partial charge is 0.137 e. The highest BCUT2D eigenvalue weighted by molar-refractivity contribution is 6.12. The third-order valence-electron chi connectivity index (χ3n) is 15.9. The third kappa shape index (κ3) is 9.67. The molecular formula is C70H76N4O. The summed E-state index contributed by atoms with van der Waals surface area (Å²) in [5, 5.41) is 2.37. The number of benzene rings is 7. The molecule has 2 aromatic heterocycles. The summed E-state index contributed by atoms with van der Waals surface area (Å²) < 4.78 is 9.61. The topological polar surface area (TPSA) is 33.5 Å². The maximum absolute atomic E-state index is 7.27. The second-order valence-electron chi connectivity index (χ2n) is 24.6. The summed E-state index contributed by atoms with van der Waals surface area (Å²) in [7, 11) is 0. The minimum atomic E-state index is -0.395. The molecule has 0 fully saturated rings. The van der Waals surface area contributed by atoms with Gasteiger partial charge in [-0.25, -0.2) is 4.98 Å². The second-order valence-corrected chi connectivity index (χ2v) is 24.6. The van der Waals surface area contributed by atoms with Crippen LogP contribution in [0.3, 0.4) is 0 Å². The van der Waals surface area contributed by atoms with Crippen molar-refractivity contribution in [1.29, 1.82) is 0 Å². The van der Waals surface area contributed by atoms with Crippen LogP contribution in [0.15, 0.2) is 182 Å². The number of rotatable bonds is 12. The third-order valence-corrected chi connectivity index (χ3v) is 15.9. The van der Waals surface area contributed by atoms with Crippen LogP contribution in [0.4, 0.5) is 11.4 Å². The lowest BCUT2D eigenvalue weighted by Gasteiger charge is -2.30. The molecule has 0 saturated heterocycles. The molecule has 0 saturated carbocycles. The van der Waals surface area contributed by atoms with Crippen molar-refractivity contribution < 1.29 is 4.74 Å². The lowest BCUT2D eigenvalue weighted by molar-refractivity contribution is 0.481. The molecule has 0 unspecified atom stereocenters. The zero-order valence-corrected chi connectivity index (χ0v) is 46.9. The highest BCUT2D eigenvalue weighted by Gasteiger charge is 2.33. The summed E-state index contributed by atoms with van der Waals surface area (Å²) in [4.78, 5) is 10.1. The van der Waals surface area contributed by atoms with E-state index >= 15 is 0 Å². The number of anilines is 2. The number of ether oxygens (including phenoxy) is 1. The van der Waals surface area contributed by atoms with Crippen molar-refractivity contribution in [2.45, 2.75) is 130 Å². The van der Waals surface area contributed by atoms with Gasteiger partial charge in [-0.05, 0) is 116 Å². The normalized spacial score (nSPS) is 13.7. The minimum Gasteiger partial charge on any atom is -0.457 e. The molecule has 1 aliphatic rings. The van der Waals surface area contributed by atoms with Gasteiger partial charge in [-0.2, -0.15) is 0 Å². The summed E-state index contributed by atoms with van der Waals surface area (Å²) >= 11 is 0. The van der Waals surface area contributed by atoms with Gasteiger partial charge in [-0.1, -0.05) is 206 Å². The molecule has 0 aliphatic carbocycles. The van der Waals surface area contributed by atoms with E-state index in [-0.39, 0.29) is 16.2 Å². The first-order valence-electron chi connectivity index (χ1n) is 27.1. The Balaban J connectivity index is 1.14. The number of hydrogen-bond acceptors (Lipinski definition) is 4. The summed E-state index contributed by atoms with van der Waals surface area (Å²) in [5.41, 5.74) is 16.5. The van der Waals surface area contributed by atoms with E-state index in [2.05, 4.69) is 287 Å². The fourth-order valence-electron chi connectivity index (χ4n) is 11.2. The Morgan fingerprint density at radius 1 is 0.480 bits per heavy atom. The summed E-state index contributed by atoms with van der Waals surface area (Å²) in [6, 6.07) is 62.2. The molecule has 0 amide bonds. The lowest BCUT2D eigenvalue weighted by Crippen LogP contribution is -2.27. The maximum Gasteiger partial charge on any atom is 0.137 e. The van der Waals surface area contributed by atoms with E-state index in [4.69, 9.17) is 9.72 Å². The number of fused-ring (bicyclic) bond motifs is 3. The molecule has 1 aliphatic heterocycles. The number of para-hydroxylation sites is 1. The van der Waals surface area contributed by atoms with Crippen LogP contribution in [0, 0.1) is 0 Å². The molecule has 10 rings (SSSR count). The van der Waals surface area contributed by atoms with E-state index in [1.165, 1.54) is 72.2 Å². The van der Waals surface area contributed by atoms with E-state index in [1.807, 2.05) is 6.20 Å². The second kappa shape index (κ2) is 19.4. The van der Waals surface area contributed by atoms with Gasteiger partial charge in [0.1, 0.15) is 17.3 Å². The van der Waals surface area contributed by atoms with Gasteiger partial charge in [-0.3, -0.25) is 4.57 Å². The molecular weight excluding hydrogens is 913 g/mol. The van der Waals surface area contributed by atoms with Crippen molar-refractivity contribution in [3.8, 4) is 17.3 Å². The molecule has 0 radical (unpaired) electrons. The van der Waals surface area contributed by atoms with Gasteiger partial charge in [-0.15, -0.1) is 0 Å². The predicted molar refractivity (Wildman–Crippen MR) is 318 cm³/mol. The highest BCUT2D eigenvalue weighted by Crippen LogP contribution is 2.47. The number of hydrogen-bond donors (Lipinski definition) is 0. The van der Waals surface area contributed by atoms with Crippen LogP contribution in [0.2, 0.25) is 0 Å². The van der Waals surface area contributed by atoms with Crippen molar-refractivity contribution in [2.24, 2.45) is 0 Å². The van der Waals surface area contributed by atoms with Gasteiger partial charge < -0.3 is 14.5 Å². The fraction of sp³-hybridized carbons (Fsp3) is 0.300. The standard InChI is InChI=1S/C70H76N4O/c1-46(2)57-32-24-33-58(47(3)4)65(57)63-44-72(54-38-51(67(5,6)7)37-52(39-54)68(8,9)10)45-73(63)53-29-23-30-55(41-53)75-56-42-60(70(13,14)49-27-19-16-20-28-49)66-59-31-21-22-34-61(59)74(62(66)43-56)64-40-50(35-36-71-64)69(11,12)48-25-17-15-18-26-48/h15-44,46-47H,45H2,1-14H3. The summed E-state index contributed by atoms with van der Waals surface area (Å²) in [6.45, 7) is 33.1. The van der Waals surface area contributed by atoms with E-state index in [0.29, 0.717) is 18.5 Å². The first-order valence-corrected chi connectivity index (χ1v) is 27.1. The monoisotopic (exact) mass is 989 g/mol. The molecule has 9 aromatic rings. The Hall–Kier alpha value is -7.37. The number of pyridine rings is 1. The molecule has 382 valence electrons. The van der Waals surface area contributed by atoms with Gasteiger partial charge >= 0.3 is 0 Å². The van der Waals surface area contributed by atoms with E-state index in [9.17, 15) is 0 Å². The van der Waals surface area contributed by atoms with Crippen molar-refractivity contribution in [2.75, 3.05) is 16.5 Å². The maximum atomic E-state index is 7.27. The molecule has 5 heteroatoms. The van der Waals surface area contributed by atoms with Crippen LogP contribution in [-0.4, -0.2) is 16.2 Å². The predicted octanol–water partition coefficient (Wildman–Crippen LogP) is 18.7. The Kier molecular flexibility index (Phi) is 13.2. The van der Waals surface area contributed by atoms with Gasteiger partial charge in [0, 0.05) is 63.1 Å². The molecule has 0 bridgehead atoms. The van der Waals surface area contributed by atoms with Gasteiger partial charge in [0.25, 0.3) is 0 Å². The molecule has 0 N–H and O–H groups in total. The molecule has 3 heterocycles. The van der Waals surface area contributed by atoms with E-state index < -0.39 is 5.41 Å². The Morgan fingerprint density at radius 3 is 1.68 bits per heavy atom. The van der Waals surface area contributed by atoms with E-state index in [0.717, 1.165) is 34.0 Å². The Labute approximate surface area is 447 Å². The Morgan fingerprint density at radius 2 is 1.07 bits per heavy atom. The molecule has 0 atom stereocenters. The van der Waals surface area contributed by atoms with Crippen LogP contribution in [0.1, 0.15) is 159 Å². The highest BCUT2D eigenvalue weighted by atomic mass is 16.5. The lowest BCUT2D eigenvalue weighted by atomic mass is 9.76. The van der Waals surface area contributed by atoms with E-state index in [1.54, 1.807) is 0 Å². The molecule has 75 heavy (non-hydrogen) atoms. The summed E-state index contributed by atoms with van der Waals surface area (Å²) in [6.07, 6.45) is 4.37. The molecule has 5 nitrogen and oxygen atoms in total. The zero-order valence-electron chi connectivity index (χ0n) is 46.9. The van der Waals surface area contributed by atoms with Gasteiger partial charge in [0.15, 0.2) is 0 Å². The van der Waals surface area contributed by atoms with Gasteiger partial charge in [0.2, 0.25) is 0 Å². The molecule has 0 spiro atoms. The molecule has 7 aromatic carbocycles. The Bertz CT molecular complexity index is 3520. The first-order chi connectivity index (χ1) is 35.6. The van der Waals surface area contributed by atoms with Crippen molar-refractivity contribution in [3.05, 3.63) is 232 Å². The van der Waals surface area contributed by atoms with Crippen LogP contribution >= 0.6 is 0 Å². The fourth-order valence-corrected chi connectivity index (χ4v) is 11.2. The van der Waals surface area contributed by atoms with Crippen LogP contribution in [0.25, 0.3) is 33.3 Å². The van der Waals surface area contributed by atoms with Crippen molar-refractivity contribution >= 4 is 38.9 Å². The number of aromatic nitrogens is 2.